The van der Waals surface area contributed by atoms with Crippen molar-refractivity contribution in [2.45, 2.75) is 65.1 Å². The number of hydrogen-bond donors (Lipinski definition) is 1. The van der Waals surface area contributed by atoms with Gasteiger partial charge in [-0.3, -0.25) is 0 Å². The number of rotatable bonds is 6. The van der Waals surface area contributed by atoms with Crippen molar-refractivity contribution in [3.63, 3.8) is 0 Å². The van der Waals surface area contributed by atoms with Gasteiger partial charge in [0.25, 0.3) is 0 Å². The van der Waals surface area contributed by atoms with Crippen LogP contribution in [0.3, 0.4) is 0 Å². The van der Waals surface area contributed by atoms with Crippen LogP contribution in [0.25, 0.3) is 0 Å². The lowest BCUT2D eigenvalue weighted by molar-refractivity contribution is 0.668. The average molecular weight is 324 g/mol. The maximum Gasteiger partial charge on any atom is 0.134 e. The van der Waals surface area contributed by atoms with Gasteiger partial charge in [0.05, 0.1) is 0 Å². The summed E-state index contributed by atoms with van der Waals surface area (Å²) in [5.74, 6) is 2.79. The van der Waals surface area contributed by atoms with Crippen LogP contribution in [0.1, 0.15) is 50.9 Å². The lowest BCUT2D eigenvalue weighted by atomic mass is 10.2. The summed E-state index contributed by atoms with van der Waals surface area (Å²) in [4.78, 5) is 11.6. The zero-order chi connectivity index (χ0) is 16.9. The highest BCUT2D eigenvalue weighted by molar-refractivity contribution is 5.51. The van der Waals surface area contributed by atoms with Gasteiger partial charge in [0.1, 0.15) is 17.5 Å². The fourth-order valence-electron chi connectivity index (χ4n) is 3.36. The zero-order valence-electron chi connectivity index (χ0n) is 15.0. The van der Waals surface area contributed by atoms with Gasteiger partial charge in [0.2, 0.25) is 0 Å². The molecule has 1 aromatic carbocycles. The highest BCUT2D eigenvalue weighted by Crippen LogP contribution is 2.25. The molecule has 1 N–H and O–H groups in total. The van der Waals surface area contributed by atoms with Crippen molar-refractivity contribution in [1.82, 2.24) is 9.97 Å². The monoisotopic (exact) mass is 324 g/mol. The van der Waals surface area contributed by atoms with Gasteiger partial charge in [-0.15, -0.1) is 0 Å². The molecule has 0 amide bonds. The summed E-state index contributed by atoms with van der Waals surface area (Å²) in [6, 6.07) is 13.6. The molecule has 1 heterocycles. The number of nitrogens with zero attached hydrogens (tertiary/aromatic N) is 3. The molecule has 1 aliphatic carbocycles. The zero-order valence-corrected chi connectivity index (χ0v) is 15.0. The van der Waals surface area contributed by atoms with Crippen molar-refractivity contribution in [3.8, 4) is 0 Å². The van der Waals surface area contributed by atoms with Gasteiger partial charge in [-0.2, -0.15) is 0 Å². The molecule has 0 aliphatic heterocycles. The highest BCUT2D eigenvalue weighted by atomic mass is 15.2. The lowest BCUT2D eigenvalue weighted by Crippen LogP contribution is -2.31. The Balaban J connectivity index is 1.82. The van der Waals surface area contributed by atoms with Crippen LogP contribution in [0.5, 0.6) is 0 Å². The van der Waals surface area contributed by atoms with Crippen LogP contribution in [-0.2, 0) is 6.54 Å². The van der Waals surface area contributed by atoms with Gasteiger partial charge in [-0.25, -0.2) is 9.97 Å². The number of anilines is 2. The van der Waals surface area contributed by atoms with E-state index >= 15 is 0 Å². The first-order valence-corrected chi connectivity index (χ1v) is 9.04. The summed E-state index contributed by atoms with van der Waals surface area (Å²) in [7, 11) is 0. The molecular weight excluding hydrogens is 296 g/mol. The molecule has 0 atom stereocenters. The Morgan fingerprint density at radius 1 is 1.12 bits per heavy atom. The standard InChI is InChI=1S/C20H28N4/c1-15(2)24(14-17-9-5-4-6-10-17)20-13-19(21-16(3)22-20)23-18-11-7-8-12-18/h4-6,9-10,13,15,18H,7-8,11-12,14H2,1-3H3,(H,21,22,23). The Morgan fingerprint density at radius 3 is 2.50 bits per heavy atom. The van der Waals surface area contributed by atoms with Crippen molar-refractivity contribution < 1.29 is 0 Å². The van der Waals surface area contributed by atoms with Crippen molar-refractivity contribution >= 4 is 11.6 Å². The summed E-state index contributed by atoms with van der Waals surface area (Å²) in [6.45, 7) is 7.26. The summed E-state index contributed by atoms with van der Waals surface area (Å²) < 4.78 is 0. The number of hydrogen-bond acceptors (Lipinski definition) is 4. The minimum absolute atomic E-state index is 0.374. The molecule has 3 rings (SSSR count). The summed E-state index contributed by atoms with van der Waals surface area (Å²) in [6.07, 6.45) is 5.13. The molecule has 1 aromatic heterocycles. The third-order valence-electron chi connectivity index (χ3n) is 4.64. The van der Waals surface area contributed by atoms with Gasteiger partial charge in [0.15, 0.2) is 0 Å². The molecule has 1 saturated carbocycles. The molecule has 1 fully saturated rings. The Hall–Kier alpha value is -2.10. The van der Waals surface area contributed by atoms with Gasteiger partial charge in [0, 0.05) is 24.7 Å². The smallest absolute Gasteiger partial charge is 0.134 e. The van der Waals surface area contributed by atoms with E-state index < -0.39 is 0 Å². The van der Waals surface area contributed by atoms with E-state index in [0.29, 0.717) is 12.1 Å². The third kappa shape index (κ3) is 4.25. The maximum atomic E-state index is 4.70. The molecule has 0 bridgehead atoms. The molecule has 0 saturated heterocycles. The first kappa shape index (κ1) is 16.7. The number of aryl methyl sites for hydroxylation is 1. The van der Waals surface area contributed by atoms with Crippen LogP contribution in [0.4, 0.5) is 11.6 Å². The second-order valence-corrected chi connectivity index (χ2v) is 6.99. The van der Waals surface area contributed by atoms with Gasteiger partial charge in [-0.05, 0) is 39.2 Å². The molecule has 4 heteroatoms. The van der Waals surface area contributed by atoms with E-state index in [0.717, 1.165) is 24.0 Å². The van der Waals surface area contributed by atoms with Crippen molar-refractivity contribution in [3.05, 3.63) is 47.8 Å². The Bertz CT molecular complexity index is 648. The van der Waals surface area contributed by atoms with Crippen molar-refractivity contribution in [2.24, 2.45) is 0 Å². The van der Waals surface area contributed by atoms with Crippen molar-refractivity contribution in [2.75, 3.05) is 10.2 Å². The summed E-state index contributed by atoms with van der Waals surface area (Å²) in [5, 5.41) is 3.60. The van der Waals surface area contributed by atoms with E-state index in [1.807, 2.05) is 6.92 Å². The summed E-state index contributed by atoms with van der Waals surface area (Å²) >= 11 is 0. The summed E-state index contributed by atoms with van der Waals surface area (Å²) in [5.41, 5.74) is 1.30. The quantitative estimate of drug-likeness (QED) is 0.846. The SMILES string of the molecule is Cc1nc(NC2CCCC2)cc(N(Cc2ccccc2)C(C)C)n1. The van der Waals surface area contributed by atoms with Gasteiger partial charge in [-0.1, -0.05) is 43.2 Å². The minimum atomic E-state index is 0.374. The van der Waals surface area contributed by atoms with E-state index in [1.165, 1.54) is 31.2 Å². The first-order valence-electron chi connectivity index (χ1n) is 9.04. The van der Waals surface area contributed by atoms with Crippen LogP contribution in [0, 0.1) is 6.92 Å². The Morgan fingerprint density at radius 2 is 1.83 bits per heavy atom. The van der Waals surface area contributed by atoms with Crippen LogP contribution >= 0.6 is 0 Å². The molecule has 128 valence electrons. The molecule has 4 nitrogen and oxygen atoms in total. The first-order chi connectivity index (χ1) is 11.6. The molecule has 0 spiro atoms. The molecule has 1 aliphatic rings. The fraction of sp³-hybridized carbons (Fsp3) is 0.500. The van der Waals surface area contributed by atoms with Crippen LogP contribution in [-0.4, -0.2) is 22.1 Å². The number of aromatic nitrogens is 2. The second kappa shape index (κ2) is 7.65. The molecule has 0 radical (unpaired) electrons. The van der Waals surface area contributed by atoms with E-state index in [4.69, 9.17) is 4.98 Å². The Kier molecular flexibility index (Phi) is 5.34. The van der Waals surface area contributed by atoms with Crippen molar-refractivity contribution in [1.29, 1.82) is 0 Å². The predicted octanol–water partition coefficient (Wildman–Crippen LogP) is 4.55. The number of benzene rings is 1. The predicted molar refractivity (Wildman–Crippen MR) is 100 cm³/mol. The largest absolute Gasteiger partial charge is 0.367 e. The molecule has 24 heavy (non-hydrogen) atoms. The topological polar surface area (TPSA) is 41.1 Å². The van der Waals surface area contributed by atoms with Crippen LogP contribution in [0.15, 0.2) is 36.4 Å². The molecule has 2 aromatic rings. The van der Waals surface area contributed by atoms with Crippen LogP contribution in [0.2, 0.25) is 0 Å². The molecule has 0 unspecified atom stereocenters. The Labute approximate surface area is 145 Å². The second-order valence-electron chi connectivity index (χ2n) is 6.99. The number of nitrogens with one attached hydrogen (secondary N) is 1. The third-order valence-corrected chi connectivity index (χ3v) is 4.64. The van der Waals surface area contributed by atoms with E-state index in [2.05, 4.69) is 65.4 Å². The minimum Gasteiger partial charge on any atom is -0.367 e. The van der Waals surface area contributed by atoms with E-state index in [9.17, 15) is 0 Å². The van der Waals surface area contributed by atoms with E-state index in [1.54, 1.807) is 0 Å². The molecular formula is C20H28N4. The lowest BCUT2D eigenvalue weighted by Gasteiger charge is -2.28. The van der Waals surface area contributed by atoms with E-state index in [-0.39, 0.29) is 0 Å². The van der Waals surface area contributed by atoms with Gasteiger partial charge >= 0.3 is 0 Å². The fourth-order valence-corrected chi connectivity index (χ4v) is 3.36. The normalized spacial score (nSPS) is 15.0. The maximum absolute atomic E-state index is 4.70. The van der Waals surface area contributed by atoms with Crippen LogP contribution < -0.4 is 10.2 Å². The van der Waals surface area contributed by atoms with Gasteiger partial charge < -0.3 is 10.2 Å². The average Bonchev–Trinajstić information content (AvgIpc) is 3.05. The highest BCUT2D eigenvalue weighted by Gasteiger charge is 2.18.